The number of aromatic nitrogens is 2. The molecule has 3 aromatic rings. The van der Waals surface area contributed by atoms with E-state index in [1.165, 1.54) is 11.4 Å². The molecule has 2 N–H and O–H groups in total. The third kappa shape index (κ3) is 5.75. The first-order valence-corrected chi connectivity index (χ1v) is 12.3. The second kappa shape index (κ2) is 11.2. The van der Waals surface area contributed by atoms with E-state index in [9.17, 15) is 8.42 Å². The Labute approximate surface area is 200 Å². The van der Waals surface area contributed by atoms with Gasteiger partial charge < -0.3 is 19.9 Å². The van der Waals surface area contributed by atoms with Crippen LogP contribution in [0.1, 0.15) is 19.7 Å². The van der Waals surface area contributed by atoms with E-state index in [1.807, 2.05) is 13.8 Å². The molecule has 9 nitrogen and oxygen atoms in total. The molecule has 0 radical (unpaired) electrons. The molecule has 0 saturated heterocycles. The first-order valence-electron chi connectivity index (χ1n) is 10.9. The molecule has 1 aromatic heterocycles. The van der Waals surface area contributed by atoms with Crippen LogP contribution < -0.4 is 24.2 Å². The zero-order valence-electron chi connectivity index (χ0n) is 19.8. The Bertz CT molecular complexity index is 1200. The van der Waals surface area contributed by atoms with E-state index in [0.717, 1.165) is 0 Å². The third-order valence-electron chi connectivity index (χ3n) is 4.66. The fourth-order valence-corrected chi connectivity index (χ4v) is 4.80. The fraction of sp³-hybridized carbons (Fsp3) is 0.333. The summed E-state index contributed by atoms with van der Waals surface area (Å²) < 4.78 is 46.1. The molecule has 0 aliphatic rings. The van der Waals surface area contributed by atoms with Gasteiger partial charge >= 0.3 is 0 Å². The average molecular weight is 487 g/mol. The van der Waals surface area contributed by atoms with E-state index in [1.54, 1.807) is 61.5 Å². The first-order chi connectivity index (χ1) is 16.3. The molecule has 0 fully saturated rings. The number of nitrogens with two attached hydrogens (primary N) is 1. The summed E-state index contributed by atoms with van der Waals surface area (Å²) in [5.74, 6) is 1.35. The molecular weight excluding hydrogens is 456 g/mol. The predicted octanol–water partition coefficient (Wildman–Crippen LogP) is 3.77. The summed E-state index contributed by atoms with van der Waals surface area (Å²) in [7, 11) is -2.46. The number of rotatable bonds is 11. The number of ether oxygens (including phenoxy) is 3. The van der Waals surface area contributed by atoms with Gasteiger partial charge in [-0.1, -0.05) is 44.2 Å². The minimum Gasteiger partial charge on any atom is -0.493 e. The van der Waals surface area contributed by atoms with Crippen LogP contribution in [0.15, 0.2) is 59.5 Å². The molecule has 0 aliphatic carbocycles. The van der Waals surface area contributed by atoms with Crippen LogP contribution in [0.2, 0.25) is 0 Å². The summed E-state index contributed by atoms with van der Waals surface area (Å²) >= 11 is 0. The Hall–Kier alpha value is -3.37. The lowest BCUT2D eigenvalue weighted by molar-refractivity contribution is 0.294. The molecule has 0 aliphatic heterocycles. The quantitative estimate of drug-likeness (QED) is 0.435. The number of para-hydroxylation sites is 2. The molecule has 3 rings (SSSR count). The highest BCUT2D eigenvalue weighted by Crippen LogP contribution is 2.42. The van der Waals surface area contributed by atoms with Crippen LogP contribution >= 0.6 is 0 Å². The van der Waals surface area contributed by atoms with Crippen molar-refractivity contribution in [3.8, 4) is 23.1 Å². The van der Waals surface area contributed by atoms with Gasteiger partial charge in [-0.3, -0.25) is 0 Å². The van der Waals surface area contributed by atoms with Gasteiger partial charge in [0.05, 0.1) is 12.0 Å². The zero-order chi connectivity index (χ0) is 24.7. The summed E-state index contributed by atoms with van der Waals surface area (Å²) in [4.78, 5) is 9.00. The molecule has 0 atom stereocenters. The minimum atomic E-state index is -3.98. The third-order valence-corrected chi connectivity index (χ3v) is 6.43. The summed E-state index contributed by atoms with van der Waals surface area (Å²) in [5, 5.41) is 0. The number of hydrogen-bond donors (Lipinski definition) is 1. The van der Waals surface area contributed by atoms with Crippen molar-refractivity contribution in [1.29, 1.82) is 0 Å². The fourth-order valence-electron chi connectivity index (χ4n) is 3.20. The van der Waals surface area contributed by atoms with Crippen molar-refractivity contribution in [2.24, 2.45) is 11.7 Å². The smallest absolute Gasteiger partial charge is 0.265 e. The molecule has 0 unspecified atom stereocenters. The van der Waals surface area contributed by atoms with Crippen molar-refractivity contribution >= 4 is 15.8 Å². The van der Waals surface area contributed by atoms with E-state index in [2.05, 4.69) is 9.97 Å². The van der Waals surface area contributed by atoms with E-state index in [-0.39, 0.29) is 48.0 Å². The van der Waals surface area contributed by atoms with Crippen molar-refractivity contribution in [2.45, 2.75) is 25.7 Å². The monoisotopic (exact) mass is 486 g/mol. The van der Waals surface area contributed by atoms with Crippen molar-refractivity contribution in [3.05, 3.63) is 60.4 Å². The summed E-state index contributed by atoms with van der Waals surface area (Å²) in [6.07, 6.45) is 0. The topological polar surface area (TPSA) is 117 Å². The normalized spacial score (nSPS) is 11.4. The van der Waals surface area contributed by atoms with Crippen LogP contribution in [-0.2, 0) is 10.0 Å². The number of sulfonamides is 1. The molecule has 0 spiro atoms. The Kier molecular flexibility index (Phi) is 8.30. The molecule has 34 heavy (non-hydrogen) atoms. The second-order valence-electron chi connectivity index (χ2n) is 7.86. The SMILES string of the molecule is COc1ccccc1Oc1c(OCCN)nc(C)nc1N(CC(C)C)S(=O)(=O)c1ccccc1. The van der Waals surface area contributed by atoms with Gasteiger partial charge in [0.1, 0.15) is 12.4 Å². The average Bonchev–Trinajstić information content (AvgIpc) is 2.83. The number of benzene rings is 2. The highest BCUT2D eigenvalue weighted by Gasteiger charge is 2.32. The van der Waals surface area contributed by atoms with E-state index in [0.29, 0.717) is 17.3 Å². The van der Waals surface area contributed by atoms with E-state index in [4.69, 9.17) is 19.9 Å². The number of nitrogens with zero attached hydrogens (tertiary/aromatic N) is 3. The van der Waals surface area contributed by atoms with Gasteiger partial charge in [0.2, 0.25) is 5.75 Å². The van der Waals surface area contributed by atoms with E-state index < -0.39 is 10.0 Å². The molecule has 0 saturated carbocycles. The zero-order valence-corrected chi connectivity index (χ0v) is 20.6. The number of aryl methyl sites for hydroxylation is 1. The van der Waals surface area contributed by atoms with Gasteiger partial charge in [-0.2, -0.15) is 4.98 Å². The lowest BCUT2D eigenvalue weighted by Gasteiger charge is -2.27. The van der Waals surface area contributed by atoms with Crippen LogP contribution in [-0.4, -0.2) is 45.2 Å². The highest BCUT2D eigenvalue weighted by molar-refractivity contribution is 7.92. The van der Waals surface area contributed by atoms with Gasteiger partial charge in [0.25, 0.3) is 15.9 Å². The Morgan fingerprint density at radius 2 is 1.65 bits per heavy atom. The van der Waals surface area contributed by atoms with Crippen molar-refractivity contribution < 1.29 is 22.6 Å². The molecule has 182 valence electrons. The number of methoxy groups -OCH3 is 1. The molecule has 2 aromatic carbocycles. The molecule has 10 heteroatoms. The first kappa shape index (κ1) is 25.3. The number of hydrogen-bond acceptors (Lipinski definition) is 8. The van der Waals surface area contributed by atoms with Gasteiger partial charge in [-0.05, 0) is 37.1 Å². The van der Waals surface area contributed by atoms with Gasteiger partial charge in [0.15, 0.2) is 17.3 Å². The summed E-state index contributed by atoms with van der Waals surface area (Å²) in [6, 6.07) is 15.2. The largest absolute Gasteiger partial charge is 0.493 e. The van der Waals surface area contributed by atoms with E-state index >= 15 is 0 Å². The van der Waals surface area contributed by atoms with Crippen molar-refractivity contribution in [3.63, 3.8) is 0 Å². The van der Waals surface area contributed by atoms with Crippen LogP contribution in [0.25, 0.3) is 0 Å². The van der Waals surface area contributed by atoms with Crippen LogP contribution in [0.3, 0.4) is 0 Å². The maximum atomic E-state index is 13.8. The molecule has 0 bridgehead atoms. The van der Waals surface area contributed by atoms with Crippen LogP contribution in [0.4, 0.5) is 5.82 Å². The Morgan fingerprint density at radius 1 is 1.00 bits per heavy atom. The minimum absolute atomic E-state index is 0.0127. The van der Waals surface area contributed by atoms with Gasteiger partial charge in [-0.25, -0.2) is 17.7 Å². The Morgan fingerprint density at radius 3 is 2.26 bits per heavy atom. The summed E-state index contributed by atoms with van der Waals surface area (Å²) in [5.41, 5.74) is 5.64. The molecule has 0 amide bonds. The lowest BCUT2D eigenvalue weighted by atomic mass is 10.2. The van der Waals surface area contributed by atoms with Gasteiger partial charge in [-0.15, -0.1) is 0 Å². The van der Waals surface area contributed by atoms with Crippen LogP contribution in [0.5, 0.6) is 23.1 Å². The van der Waals surface area contributed by atoms with Crippen LogP contribution in [0, 0.1) is 12.8 Å². The van der Waals surface area contributed by atoms with Gasteiger partial charge in [0, 0.05) is 13.1 Å². The standard InChI is InChI=1S/C24H30N4O5S/c1-17(2)16-28(34(29,30)19-10-6-5-7-11-19)23-22(24(32-15-14-25)27-18(3)26-23)33-21-13-9-8-12-20(21)31-4/h5-13,17H,14-16,25H2,1-4H3. The lowest BCUT2D eigenvalue weighted by Crippen LogP contribution is -2.35. The second-order valence-corrected chi connectivity index (χ2v) is 9.72. The maximum absolute atomic E-state index is 13.8. The highest BCUT2D eigenvalue weighted by atomic mass is 32.2. The summed E-state index contributed by atoms with van der Waals surface area (Å²) in [6.45, 7) is 6.07. The molecule has 1 heterocycles. The van der Waals surface area contributed by atoms with Crippen molar-refractivity contribution in [1.82, 2.24) is 9.97 Å². The number of anilines is 1. The Balaban J connectivity index is 2.25. The molecular formula is C24H30N4O5S. The maximum Gasteiger partial charge on any atom is 0.265 e. The predicted molar refractivity (Wildman–Crippen MR) is 130 cm³/mol. The van der Waals surface area contributed by atoms with Crippen molar-refractivity contribution in [2.75, 3.05) is 31.1 Å².